The van der Waals surface area contributed by atoms with Gasteiger partial charge in [-0.05, 0) is 12.1 Å². The summed E-state index contributed by atoms with van der Waals surface area (Å²) in [5.74, 6) is -2.65. The second kappa shape index (κ2) is 11.4. The minimum atomic E-state index is -4.72. The quantitative estimate of drug-likeness (QED) is 0.252. The number of carboxylic acids is 1. The molecule has 0 aliphatic rings. The van der Waals surface area contributed by atoms with Crippen LogP contribution in [0.4, 0.5) is 0 Å². The van der Waals surface area contributed by atoms with E-state index < -0.39 is 33.5 Å². The van der Waals surface area contributed by atoms with Crippen molar-refractivity contribution in [3.63, 3.8) is 0 Å². The SMILES string of the molecule is NC(=O)CP(=O)(O)O.O=C(O)c1ccccc1OP(=O)(O)O.[O-2].[Zn+2]. The maximum Gasteiger partial charge on any atom is 2.00 e. The summed E-state index contributed by atoms with van der Waals surface area (Å²) in [6, 6.07) is 5.20. The van der Waals surface area contributed by atoms with Crippen LogP contribution in [0.1, 0.15) is 10.4 Å². The zero-order valence-corrected chi connectivity index (χ0v) is 16.6. The Kier molecular flexibility index (Phi) is 13.2. The van der Waals surface area contributed by atoms with Gasteiger partial charge in [0.05, 0.1) is 0 Å². The minimum Gasteiger partial charge on any atom is -2.00 e. The Labute approximate surface area is 148 Å². The monoisotopic (exact) mass is 437 g/mol. The molecule has 1 rings (SSSR count). The number of primary amides is 1. The van der Waals surface area contributed by atoms with Crippen LogP contribution in [0.5, 0.6) is 5.75 Å². The topological polar surface area (TPSA) is 233 Å². The third-order valence-corrected chi connectivity index (χ3v) is 2.85. The van der Waals surface area contributed by atoms with Gasteiger partial charge in [0.15, 0.2) is 0 Å². The minimum absolute atomic E-state index is 0. The predicted molar refractivity (Wildman–Crippen MR) is 72.9 cm³/mol. The molecule has 0 aliphatic heterocycles. The summed E-state index contributed by atoms with van der Waals surface area (Å²) >= 11 is 0. The van der Waals surface area contributed by atoms with Crippen LogP contribution in [0.2, 0.25) is 0 Å². The largest absolute Gasteiger partial charge is 2.00 e. The molecule has 7 N–H and O–H groups in total. The van der Waals surface area contributed by atoms with E-state index in [4.69, 9.17) is 24.7 Å². The average molecular weight is 439 g/mol. The van der Waals surface area contributed by atoms with Crippen LogP contribution in [-0.2, 0) is 38.9 Å². The van der Waals surface area contributed by atoms with Crippen molar-refractivity contribution in [2.75, 3.05) is 6.16 Å². The number of para-hydroxylation sites is 1. The van der Waals surface area contributed by atoms with E-state index in [1.165, 1.54) is 24.3 Å². The number of amides is 1. The number of carbonyl (C=O) groups excluding carboxylic acids is 1. The Morgan fingerprint density at radius 1 is 1.08 bits per heavy atom. The van der Waals surface area contributed by atoms with Crippen molar-refractivity contribution in [1.29, 1.82) is 0 Å². The molecule has 0 aliphatic carbocycles. The Bertz CT molecular complexity index is 640. The molecule has 0 spiro atoms. The number of rotatable bonds is 5. The number of carbonyl (C=O) groups is 2. The van der Waals surface area contributed by atoms with Crippen molar-refractivity contribution in [1.82, 2.24) is 0 Å². The van der Waals surface area contributed by atoms with E-state index in [-0.39, 0.29) is 36.3 Å². The third kappa shape index (κ3) is 14.4. The number of nitrogens with two attached hydrogens (primary N) is 1. The van der Waals surface area contributed by atoms with Crippen LogP contribution in [0.25, 0.3) is 0 Å². The van der Waals surface area contributed by atoms with Gasteiger partial charge in [-0.2, -0.15) is 0 Å². The molecule has 0 radical (unpaired) electrons. The first kappa shape index (κ1) is 27.7. The molecule has 0 heterocycles. The zero-order valence-electron chi connectivity index (χ0n) is 11.9. The molecule has 0 saturated carbocycles. The van der Waals surface area contributed by atoms with Crippen molar-refractivity contribution in [3.8, 4) is 5.75 Å². The fourth-order valence-corrected chi connectivity index (χ4v) is 1.88. The van der Waals surface area contributed by atoms with Crippen molar-refractivity contribution in [3.05, 3.63) is 29.8 Å². The third-order valence-electron chi connectivity index (χ3n) is 1.70. The van der Waals surface area contributed by atoms with Gasteiger partial charge in [-0.15, -0.1) is 0 Å². The molecule has 0 bridgehead atoms. The summed E-state index contributed by atoms with van der Waals surface area (Å²) in [5, 5.41) is 8.63. The van der Waals surface area contributed by atoms with E-state index in [9.17, 15) is 18.7 Å². The summed E-state index contributed by atoms with van der Waals surface area (Å²) in [7, 11) is -8.91. The first-order valence-corrected chi connectivity index (χ1v) is 8.55. The second-order valence-electron chi connectivity index (χ2n) is 3.67. The van der Waals surface area contributed by atoms with E-state index in [0.717, 1.165) is 0 Å². The Morgan fingerprint density at radius 3 is 1.83 bits per heavy atom. The molecule has 12 nitrogen and oxygen atoms in total. The first-order chi connectivity index (χ1) is 9.82. The number of aromatic carboxylic acids is 1. The molecule has 0 fully saturated rings. The summed E-state index contributed by atoms with van der Waals surface area (Å²) in [6.07, 6.45) is -0.868. The van der Waals surface area contributed by atoms with Gasteiger partial charge < -0.3 is 30.6 Å². The number of benzene rings is 1. The van der Waals surface area contributed by atoms with E-state index >= 15 is 0 Å². The van der Waals surface area contributed by atoms with Crippen molar-refractivity contribution in [2.45, 2.75) is 0 Å². The molecule has 0 saturated heterocycles. The molecule has 0 aromatic heterocycles. The van der Waals surface area contributed by atoms with E-state index in [1.807, 2.05) is 0 Å². The molecule has 24 heavy (non-hydrogen) atoms. The van der Waals surface area contributed by atoms with E-state index in [0.29, 0.717) is 0 Å². The van der Waals surface area contributed by atoms with E-state index in [1.54, 1.807) is 0 Å². The Morgan fingerprint density at radius 2 is 1.54 bits per heavy atom. The Balaban J connectivity index is -0.000000386. The normalized spacial score (nSPS) is 10.2. The zero-order chi connectivity index (χ0) is 17.6. The smallest absolute Gasteiger partial charge is 2.00 e. The van der Waals surface area contributed by atoms with Crippen molar-refractivity contribution >= 4 is 27.3 Å². The number of hydrogen-bond donors (Lipinski definition) is 6. The number of phosphoric ester groups is 1. The fourth-order valence-electron chi connectivity index (χ4n) is 1.05. The number of carboxylic acid groups (broad SMARTS) is 1. The summed E-state index contributed by atoms with van der Waals surface area (Å²) in [6.45, 7) is 0. The maximum atomic E-state index is 10.6. The van der Waals surface area contributed by atoms with Crippen LogP contribution in [0, 0.1) is 0 Å². The molecular weight excluding hydrogens is 425 g/mol. The molecule has 1 aromatic carbocycles. The molecular formula is C9H13NO11P2Zn. The van der Waals surface area contributed by atoms with Gasteiger partial charge >= 0.3 is 40.9 Å². The van der Waals surface area contributed by atoms with Gasteiger partial charge in [-0.1, -0.05) is 12.1 Å². The van der Waals surface area contributed by atoms with Gasteiger partial charge in [0.2, 0.25) is 5.91 Å². The Hall–Kier alpha value is -1.16. The number of phosphoric acid groups is 1. The standard InChI is InChI=1S/C7H7O6P.C2H6NO4P.O.Zn/c8-7(9)5-3-1-2-4-6(5)13-14(10,11)12;3-2(4)1-8(5,6)7;;/h1-4H,(H,8,9)(H2,10,11,12);1H2,(H2,3,4)(H2,5,6,7);;/q;;-2;+2. The van der Waals surface area contributed by atoms with Gasteiger partial charge in [0, 0.05) is 0 Å². The molecule has 0 atom stereocenters. The first-order valence-electron chi connectivity index (χ1n) is 5.22. The van der Waals surface area contributed by atoms with E-state index in [2.05, 4.69) is 10.3 Å². The number of hydrogen-bond acceptors (Lipinski definition) is 5. The molecule has 1 aromatic rings. The molecule has 15 heteroatoms. The molecule has 0 unspecified atom stereocenters. The van der Waals surface area contributed by atoms with Crippen LogP contribution >= 0.6 is 15.4 Å². The summed E-state index contributed by atoms with van der Waals surface area (Å²) < 4.78 is 24.5. The fraction of sp³-hybridized carbons (Fsp3) is 0.111. The van der Waals surface area contributed by atoms with Crippen molar-refractivity contribution in [2.24, 2.45) is 5.73 Å². The predicted octanol–water partition coefficient (Wildman–Crippen LogP) is -0.616. The van der Waals surface area contributed by atoms with Crippen LogP contribution in [0.3, 0.4) is 0 Å². The van der Waals surface area contributed by atoms with Gasteiger partial charge in [-0.25, -0.2) is 9.36 Å². The van der Waals surface area contributed by atoms with Crippen LogP contribution in [-0.4, -0.2) is 42.7 Å². The van der Waals surface area contributed by atoms with Crippen LogP contribution in [0.15, 0.2) is 24.3 Å². The van der Waals surface area contributed by atoms with Gasteiger partial charge in [-0.3, -0.25) is 19.1 Å². The van der Waals surface area contributed by atoms with Gasteiger partial charge in [0.25, 0.3) is 0 Å². The molecule has 132 valence electrons. The van der Waals surface area contributed by atoms with Gasteiger partial charge in [0.1, 0.15) is 17.5 Å². The van der Waals surface area contributed by atoms with Crippen molar-refractivity contribution < 1.29 is 72.9 Å². The summed E-state index contributed by atoms with van der Waals surface area (Å²) in [4.78, 5) is 53.3. The average Bonchev–Trinajstić information content (AvgIpc) is 2.24. The maximum absolute atomic E-state index is 10.6. The van der Waals surface area contributed by atoms with Crippen LogP contribution < -0.4 is 10.3 Å². The molecule has 1 amide bonds. The second-order valence-corrected chi connectivity index (χ2v) is 6.48. The summed E-state index contributed by atoms with van der Waals surface area (Å²) in [5.41, 5.74) is 4.15.